The van der Waals surface area contributed by atoms with Crippen LogP contribution in [0, 0.1) is 21.4 Å². The predicted molar refractivity (Wildman–Crippen MR) is 75.9 cm³/mol. The summed E-state index contributed by atoms with van der Waals surface area (Å²) in [5, 5.41) is 23.2. The zero-order chi connectivity index (χ0) is 15.3. The number of halogens is 1. The van der Waals surface area contributed by atoms with Crippen LogP contribution in [0.2, 0.25) is 5.02 Å². The van der Waals surface area contributed by atoms with E-state index in [1.54, 1.807) is 6.92 Å². The highest BCUT2D eigenvalue weighted by Crippen LogP contribution is 2.29. The summed E-state index contributed by atoms with van der Waals surface area (Å²) in [6, 6.07) is 6.16. The molecule has 6 nitrogen and oxygen atoms in total. The van der Waals surface area contributed by atoms with Crippen LogP contribution in [0.4, 0.5) is 5.69 Å². The second kappa shape index (κ2) is 6.55. The zero-order valence-corrected chi connectivity index (χ0v) is 12.3. The molecule has 1 aromatic carbocycles. The molecule has 1 unspecified atom stereocenters. The number of ether oxygens (including phenoxy) is 1. The molecule has 0 aromatic heterocycles. The Kier molecular flexibility index (Phi) is 5.31. The minimum Gasteiger partial charge on any atom is -0.489 e. The molecule has 0 bridgehead atoms. The average molecular weight is 298 g/mol. The minimum atomic E-state index is -0.901. The van der Waals surface area contributed by atoms with E-state index < -0.39 is 10.5 Å². The number of nitro benzene ring substituents is 1. The molecule has 0 saturated heterocycles. The highest BCUT2D eigenvalue weighted by atomic mass is 35.5. The number of nitrogens with one attached hydrogen (secondary N) is 1. The van der Waals surface area contributed by atoms with E-state index in [9.17, 15) is 15.4 Å². The molecule has 0 spiro atoms. The molecule has 0 amide bonds. The van der Waals surface area contributed by atoms with Crippen molar-refractivity contribution >= 4 is 17.3 Å². The van der Waals surface area contributed by atoms with Crippen LogP contribution >= 0.6 is 11.6 Å². The Morgan fingerprint density at radius 3 is 2.75 bits per heavy atom. The Bertz CT molecular complexity index is 542. The maximum atomic E-state index is 10.7. The van der Waals surface area contributed by atoms with Gasteiger partial charge in [0.05, 0.1) is 22.1 Å². The Morgan fingerprint density at radius 1 is 1.60 bits per heavy atom. The van der Waals surface area contributed by atoms with E-state index in [2.05, 4.69) is 11.4 Å². The summed E-state index contributed by atoms with van der Waals surface area (Å²) in [6.07, 6.45) is 0. The second-order valence-electron chi connectivity index (χ2n) is 4.90. The van der Waals surface area contributed by atoms with Crippen LogP contribution in [0.1, 0.15) is 20.8 Å². The molecular formula is C13H16ClN3O3. The average Bonchev–Trinajstić information content (AvgIpc) is 2.36. The molecule has 0 heterocycles. The number of hydrogen-bond donors (Lipinski definition) is 1. The number of benzene rings is 1. The lowest BCUT2D eigenvalue weighted by Crippen LogP contribution is -2.49. The molecule has 0 aliphatic heterocycles. The van der Waals surface area contributed by atoms with Crippen LogP contribution in [0.25, 0.3) is 0 Å². The standard InChI is InChI=1S/C13H16ClN3O3/c1-9(2)16-13(3,7-15)8-20-12-6-10(17(18)19)4-5-11(12)14/h4-6,9,16H,8H2,1-3H3. The summed E-state index contributed by atoms with van der Waals surface area (Å²) in [5.41, 5.74) is -1.01. The molecule has 108 valence electrons. The molecule has 1 N–H and O–H groups in total. The van der Waals surface area contributed by atoms with Gasteiger partial charge in [-0.1, -0.05) is 11.6 Å². The van der Waals surface area contributed by atoms with Crippen molar-refractivity contribution < 1.29 is 9.66 Å². The fraction of sp³-hybridized carbons (Fsp3) is 0.462. The van der Waals surface area contributed by atoms with Crippen molar-refractivity contribution in [2.75, 3.05) is 6.61 Å². The number of nitriles is 1. The molecule has 0 aliphatic rings. The quantitative estimate of drug-likeness (QED) is 0.644. The molecule has 20 heavy (non-hydrogen) atoms. The largest absolute Gasteiger partial charge is 0.489 e. The van der Waals surface area contributed by atoms with Gasteiger partial charge in [0, 0.05) is 12.1 Å². The molecule has 0 fully saturated rings. The maximum absolute atomic E-state index is 10.7. The number of hydrogen-bond acceptors (Lipinski definition) is 5. The molecular weight excluding hydrogens is 282 g/mol. The SMILES string of the molecule is CC(C)NC(C)(C#N)COc1cc([N+](=O)[O-])ccc1Cl. The van der Waals surface area contributed by atoms with Crippen molar-refractivity contribution in [1.82, 2.24) is 5.32 Å². The van der Waals surface area contributed by atoms with E-state index in [1.807, 2.05) is 13.8 Å². The Morgan fingerprint density at radius 2 is 2.25 bits per heavy atom. The van der Waals surface area contributed by atoms with Gasteiger partial charge in [-0.25, -0.2) is 0 Å². The van der Waals surface area contributed by atoms with Gasteiger partial charge in [0.1, 0.15) is 17.9 Å². The van der Waals surface area contributed by atoms with Gasteiger partial charge in [0.25, 0.3) is 5.69 Å². The molecule has 0 radical (unpaired) electrons. The predicted octanol–water partition coefficient (Wildman–Crippen LogP) is 2.91. The van der Waals surface area contributed by atoms with Crippen molar-refractivity contribution in [1.29, 1.82) is 5.26 Å². The second-order valence-corrected chi connectivity index (χ2v) is 5.31. The maximum Gasteiger partial charge on any atom is 0.273 e. The van der Waals surface area contributed by atoms with E-state index in [4.69, 9.17) is 16.3 Å². The summed E-state index contributed by atoms with van der Waals surface area (Å²) in [6.45, 7) is 5.55. The molecule has 0 aliphatic carbocycles. The lowest BCUT2D eigenvalue weighted by molar-refractivity contribution is -0.384. The van der Waals surface area contributed by atoms with Gasteiger partial charge < -0.3 is 4.74 Å². The fourth-order valence-electron chi connectivity index (χ4n) is 1.68. The summed E-state index contributed by atoms with van der Waals surface area (Å²) < 4.78 is 5.46. The third-order valence-electron chi connectivity index (χ3n) is 2.50. The monoisotopic (exact) mass is 297 g/mol. The number of non-ortho nitro benzene ring substituents is 1. The van der Waals surface area contributed by atoms with Gasteiger partial charge in [0.15, 0.2) is 0 Å². The van der Waals surface area contributed by atoms with Crippen molar-refractivity contribution in [3.8, 4) is 11.8 Å². The first kappa shape index (κ1) is 16.2. The van der Waals surface area contributed by atoms with Crippen molar-refractivity contribution in [2.24, 2.45) is 0 Å². The van der Waals surface area contributed by atoms with E-state index in [0.717, 1.165) is 0 Å². The van der Waals surface area contributed by atoms with Crippen molar-refractivity contribution in [3.05, 3.63) is 33.3 Å². The van der Waals surface area contributed by atoms with Crippen LogP contribution in [-0.4, -0.2) is 23.1 Å². The van der Waals surface area contributed by atoms with Gasteiger partial charge in [-0.3, -0.25) is 15.4 Å². The normalized spacial score (nSPS) is 13.6. The van der Waals surface area contributed by atoms with E-state index >= 15 is 0 Å². The molecule has 0 saturated carbocycles. The van der Waals surface area contributed by atoms with E-state index in [-0.39, 0.29) is 29.1 Å². The summed E-state index contributed by atoms with van der Waals surface area (Å²) in [4.78, 5) is 10.2. The van der Waals surface area contributed by atoms with Gasteiger partial charge in [0.2, 0.25) is 0 Å². The number of rotatable bonds is 6. The Balaban J connectivity index is 2.86. The number of nitro groups is 1. The van der Waals surface area contributed by atoms with Crippen molar-refractivity contribution in [3.63, 3.8) is 0 Å². The van der Waals surface area contributed by atoms with Crippen LogP contribution in [0.3, 0.4) is 0 Å². The van der Waals surface area contributed by atoms with Crippen LogP contribution < -0.4 is 10.1 Å². The highest BCUT2D eigenvalue weighted by Gasteiger charge is 2.26. The molecule has 7 heteroatoms. The first-order valence-electron chi connectivity index (χ1n) is 6.03. The molecule has 1 rings (SSSR count). The highest BCUT2D eigenvalue weighted by molar-refractivity contribution is 6.32. The van der Waals surface area contributed by atoms with Crippen LogP contribution in [-0.2, 0) is 0 Å². The van der Waals surface area contributed by atoms with Gasteiger partial charge >= 0.3 is 0 Å². The number of nitrogens with zero attached hydrogens (tertiary/aromatic N) is 2. The van der Waals surface area contributed by atoms with Crippen LogP contribution in [0.5, 0.6) is 5.75 Å². The molecule has 1 aromatic rings. The fourth-order valence-corrected chi connectivity index (χ4v) is 1.85. The smallest absolute Gasteiger partial charge is 0.273 e. The third kappa shape index (κ3) is 4.37. The van der Waals surface area contributed by atoms with E-state index in [1.165, 1.54) is 18.2 Å². The lowest BCUT2D eigenvalue weighted by atomic mass is 10.1. The Hall–Kier alpha value is -1.84. The van der Waals surface area contributed by atoms with Gasteiger partial charge in [-0.15, -0.1) is 0 Å². The topological polar surface area (TPSA) is 88.2 Å². The summed E-state index contributed by atoms with van der Waals surface area (Å²) in [7, 11) is 0. The van der Waals surface area contributed by atoms with E-state index in [0.29, 0.717) is 0 Å². The first-order chi connectivity index (χ1) is 9.27. The zero-order valence-electron chi connectivity index (χ0n) is 11.5. The third-order valence-corrected chi connectivity index (χ3v) is 2.81. The van der Waals surface area contributed by atoms with Crippen LogP contribution in [0.15, 0.2) is 18.2 Å². The summed E-state index contributed by atoms with van der Waals surface area (Å²) in [5.74, 6) is 0.188. The van der Waals surface area contributed by atoms with Gasteiger partial charge in [-0.2, -0.15) is 5.26 Å². The Labute approximate surface area is 122 Å². The first-order valence-corrected chi connectivity index (χ1v) is 6.41. The summed E-state index contributed by atoms with van der Waals surface area (Å²) >= 11 is 5.93. The van der Waals surface area contributed by atoms with Gasteiger partial charge in [-0.05, 0) is 26.8 Å². The minimum absolute atomic E-state index is 0.0303. The lowest BCUT2D eigenvalue weighted by Gasteiger charge is -2.25. The molecule has 1 atom stereocenters. The van der Waals surface area contributed by atoms with Crippen molar-refractivity contribution in [2.45, 2.75) is 32.4 Å².